The maximum Gasteiger partial charge on any atom is 0.147 e. The van der Waals surface area contributed by atoms with Crippen LogP contribution < -0.4 is 9.80 Å². The molecule has 0 unspecified atom stereocenters. The molecule has 9 aromatic carbocycles. The van der Waals surface area contributed by atoms with Gasteiger partial charge in [0.15, 0.2) is 0 Å². The Bertz CT molecular complexity index is 3250. The zero-order valence-corrected chi connectivity index (χ0v) is 29.6. The monoisotopic (exact) mass is 706 g/mol. The van der Waals surface area contributed by atoms with Gasteiger partial charge in [0.1, 0.15) is 11.6 Å². The first-order chi connectivity index (χ1) is 27.2. The van der Waals surface area contributed by atoms with E-state index in [1.807, 2.05) is 59.6 Å². The lowest BCUT2D eigenvalue weighted by Crippen LogP contribution is -2.13. The molecule has 258 valence electrons. The third-order valence-electron chi connectivity index (χ3n) is 10.8. The maximum absolute atomic E-state index is 15.7. The molecule has 0 atom stereocenters. The third-order valence-corrected chi connectivity index (χ3v) is 10.8. The number of pyridine rings is 2. The van der Waals surface area contributed by atoms with Crippen molar-refractivity contribution in [3.8, 4) is 0 Å². The molecule has 0 fully saturated rings. The Morgan fingerprint density at radius 1 is 0.382 bits per heavy atom. The summed E-state index contributed by atoms with van der Waals surface area (Å²) in [7, 11) is 0. The van der Waals surface area contributed by atoms with Crippen molar-refractivity contribution >= 4 is 99.2 Å². The van der Waals surface area contributed by atoms with Crippen LogP contribution in [-0.4, -0.2) is 9.97 Å². The number of hydrogen-bond donors (Lipinski definition) is 0. The summed E-state index contributed by atoms with van der Waals surface area (Å²) in [5.41, 5.74) is 6.04. The number of anilines is 6. The summed E-state index contributed by atoms with van der Waals surface area (Å²) >= 11 is 0. The number of halogens is 1. The summed E-state index contributed by atoms with van der Waals surface area (Å²) in [5, 5.41) is 11.1. The van der Waals surface area contributed by atoms with E-state index < -0.39 is 0 Å². The van der Waals surface area contributed by atoms with E-state index in [4.69, 9.17) is 9.97 Å². The fourth-order valence-electron chi connectivity index (χ4n) is 8.33. The fraction of sp³-hybridized carbons (Fsp3) is 0. The van der Waals surface area contributed by atoms with Gasteiger partial charge >= 0.3 is 0 Å². The van der Waals surface area contributed by atoms with Gasteiger partial charge in [0.25, 0.3) is 0 Å². The molecule has 0 aliphatic rings. The minimum atomic E-state index is -0.281. The number of aromatic nitrogens is 2. The van der Waals surface area contributed by atoms with Crippen LogP contribution in [-0.2, 0) is 0 Å². The van der Waals surface area contributed by atoms with Crippen molar-refractivity contribution in [3.63, 3.8) is 0 Å². The molecule has 0 spiro atoms. The minimum absolute atomic E-state index is 0.281. The molecule has 0 radical (unpaired) electrons. The molecule has 0 amide bonds. The van der Waals surface area contributed by atoms with Crippen LogP contribution in [0.4, 0.5) is 38.6 Å². The standard InChI is InChI=1S/C50H31FN4/c51-42-14-6-7-15-45(42)54(38-12-2-1-3-13-38)43-27-21-33-20-26-41-44(28-22-34-19-25-40(43)47(33)48(34)41)55(39-24-18-32-9-4-5-10-37(32)31-39)46-29-23-36-17-16-35-11-8-30-52-49(35)50(36)53-46/h1-31H. The Morgan fingerprint density at radius 3 is 1.73 bits per heavy atom. The van der Waals surface area contributed by atoms with E-state index in [1.54, 1.807) is 6.07 Å². The van der Waals surface area contributed by atoms with Crippen LogP contribution >= 0.6 is 0 Å². The lowest BCUT2D eigenvalue weighted by atomic mass is 9.91. The molecule has 0 saturated carbocycles. The highest BCUT2D eigenvalue weighted by atomic mass is 19.1. The minimum Gasteiger partial charge on any atom is -0.307 e. The van der Waals surface area contributed by atoms with E-state index in [-0.39, 0.29) is 5.82 Å². The molecule has 2 aromatic heterocycles. The molecule has 5 heteroatoms. The van der Waals surface area contributed by atoms with E-state index in [9.17, 15) is 0 Å². The van der Waals surface area contributed by atoms with Crippen molar-refractivity contribution in [3.05, 3.63) is 194 Å². The van der Waals surface area contributed by atoms with Crippen LogP contribution in [0.3, 0.4) is 0 Å². The molecule has 11 rings (SSSR count). The smallest absolute Gasteiger partial charge is 0.147 e. The van der Waals surface area contributed by atoms with Crippen LogP contribution in [0.2, 0.25) is 0 Å². The van der Waals surface area contributed by atoms with Gasteiger partial charge in [0.05, 0.1) is 28.1 Å². The van der Waals surface area contributed by atoms with Crippen molar-refractivity contribution in [1.82, 2.24) is 9.97 Å². The predicted molar refractivity (Wildman–Crippen MR) is 228 cm³/mol. The van der Waals surface area contributed by atoms with Gasteiger partial charge in [0.2, 0.25) is 0 Å². The Kier molecular flexibility index (Phi) is 7.01. The van der Waals surface area contributed by atoms with Gasteiger partial charge in [-0.05, 0) is 99.0 Å². The van der Waals surface area contributed by atoms with Gasteiger partial charge in [-0.3, -0.25) is 9.88 Å². The first-order valence-electron chi connectivity index (χ1n) is 18.4. The quantitative estimate of drug-likeness (QED) is 0.161. The number of hydrogen-bond acceptors (Lipinski definition) is 4. The van der Waals surface area contributed by atoms with E-state index >= 15 is 4.39 Å². The molecule has 11 aromatic rings. The molecule has 0 bridgehead atoms. The summed E-state index contributed by atoms with van der Waals surface area (Å²) in [5.74, 6) is 0.516. The molecule has 0 N–H and O–H groups in total. The average molecular weight is 707 g/mol. The van der Waals surface area contributed by atoms with Crippen LogP contribution in [0.1, 0.15) is 0 Å². The van der Waals surface area contributed by atoms with E-state index in [1.165, 1.54) is 11.5 Å². The second-order valence-corrected chi connectivity index (χ2v) is 14.0. The Hall–Kier alpha value is -7.37. The van der Waals surface area contributed by atoms with Crippen LogP contribution in [0, 0.1) is 5.82 Å². The summed E-state index contributed by atoms with van der Waals surface area (Å²) in [6.07, 6.45) is 1.83. The largest absolute Gasteiger partial charge is 0.307 e. The Labute approximate surface area is 316 Å². The Morgan fingerprint density at radius 2 is 0.964 bits per heavy atom. The van der Waals surface area contributed by atoms with Gasteiger partial charge in [-0.15, -0.1) is 0 Å². The number of rotatable bonds is 6. The fourth-order valence-corrected chi connectivity index (χ4v) is 8.33. The van der Waals surface area contributed by atoms with Crippen LogP contribution in [0.5, 0.6) is 0 Å². The maximum atomic E-state index is 15.7. The van der Waals surface area contributed by atoms with E-state index in [2.05, 4.69) is 126 Å². The number of fused-ring (bicyclic) bond motifs is 4. The molecule has 55 heavy (non-hydrogen) atoms. The highest BCUT2D eigenvalue weighted by Crippen LogP contribution is 2.48. The van der Waals surface area contributed by atoms with Crippen molar-refractivity contribution in [2.45, 2.75) is 0 Å². The first-order valence-corrected chi connectivity index (χ1v) is 18.4. The number of benzene rings is 9. The Balaban J connectivity index is 1.19. The van der Waals surface area contributed by atoms with Crippen LogP contribution in [0.15, 0.2) is 188 Å². The molecule has 0 aliphatic heterocycles. The summed E-state index contributed by atoms with van der Waals surface area (Å²) in [4.78, 5) is 14.4. The second-order valence-electron chi connectivity index (χ2n) is 14.0. The normalized spacial score (nSPS) is 11.7. The molecule has 2 heterocycles. The summed E-state index contributed by atoms with van der Waals surface area (Å²) in [6, 6.07) is 62.1. The zero-order valence-electron chi connectivity index (χ0n) is 29.6. The summed E-state index contributed by atoms with van der Waals surface area (Å²) < 4.78 is 15.7. The zero-order chi connectivity index (χ0) is 36.5. The van der Waals surface area contributed by atoms with Crippen molar-refractivity contribution in [2.75, 3.05) is 9.80 Å². The van der Waals surface area contributed by atoms with Crippen LogP contribution in [0.25, 0.3) is 64.9 Å². The SMILES string of the molecule is Fc1ccccc1N(c1ccccc1)c1ccc2ccc3c(N(c4ccc5ccccc5c4)c4ccc5ccc6cccnc6c5n4)ccc4ccc1c2c43. The van der Waals surface area contributed by atoms with E-state index in [0.29, 0.717) is 5.69 Å². The number of para-hydroxylation sites is 2. The van der Waals surface area contributed by atoms with Gasteiger partial charge in [-0.25, -0.2) is 9.37 Å². The van der Waals surface area contributed by atoms with Gasteiger partial charge in [-0.2, -0.15) is 0 Å². The van der Waals surface area contributed by atoms with Crippen molar-refractivity contribution < 1.29 is 4.39 Å². The summed E-state index contributed by atoms with van der Waals surface area (Å²) in [6.45, 7) is 0. The van der Waals surface area contributed by atoms with Crippen molar-refractivity contribution in [2.24, 2.45) is 0 Å². The first kappa shape index (κ1) is 31.2. The highest BCUT2D eigenvalue weighted by molar-refractivity contribution is 6.28. The highest BCUT2D eigenvalue weighted by Gasteiger charge is 2.23. The van der Waals surface area contributed by atoms with E-state index in [0.717, 1.165) is 88.1 Å². The molecule has 0 aliphatic carbocycles. The average Bonchev–Trinajstić information content (AvgIpc) is 3.24. The molecular formula is C50H31FN4. The lowest BCUT2D eigenvalue weighted by Gasteiger charge is -2.29. The molecule has 0 saturated heterocycles. The third kappa shape index (κ3) is 4.98. The molecular weight excluding hydrogens is 676 g/mol. The second kappa shape index (κ2) is 12.4. The van der Waals surface area contributed by atoms with Gasteiger partial charge in [-0.1, -0.05) is 115 Å². The van der Waals surface area contributed by atoms with Crippen molar-refractivity contribution in [1.29, 1.82) is 0 Å². The predicted octanol–water partition coefficient (Wildman–Crippen LogP) is 13.9. The molecule has 4 nitrogen and oxygen atoms in total. The number of nitrogens with zero attached hydrogens (tertiary/aromatic N) is 4. The van der Waals surface area contributed by atoms with Gasteiger partial charge < -0.3 is 4.90 Å². The lowest BCUT2D eigenvalue weighted by molar-refractivity contribution is 0.629. The topological polar surface area (TPSA) is 32.3 Å². The van der Waals surface area contributed by atoms with Gasteiger partial charge in [0, 0.05) is 39.1 Å².